The smallest absolute Gasteiger partial charge is 0.123 e. The predicted octanol–water partition coefficient (Wildman–Crippen LogP) is 3.88. The third-order valence-corrected chi connectivity index (χ3v) is 3.84. The average Bonchev–Trinajstić information content (AvgIpc) is 2.72. The van der Waals surface area contributed by atoms with Gasteiger partial charge in [-0.15, -0.1) is 23.7 Å². The van der Waals surface area contributed by atoms with Crippen LogP contribution >= 0.6 is 11.3 Å². The van der Waals surface area contributed by atoms with Gasteiger partial charge in [0.05, 0.1) is 6.10 Å². The minimum atomic E-state index is -0.496. The summed E-state index contributed by atoms with van der Waals surface area (Å²) >= 11 is 1.50. The second-order valence-corrected chi connectivity index (χ2v) is 5.06. The number of hydrogen-bond acceptors (Lipinski definition) is 2. The Bertz CT molecular complexity index is 553. The average molecular weight is 248 g/mol. The van der Waals surface area contributed by atoms with Crippen LogP contribution in [0, 0.1) is 18.2 Å². The minimum absolute atomic E-state index is 0.247. The van der Waals surface area contributed by atoms with E-state index in [0.29, 0.717) is 12.8 Å². The van der Waals surface area contributed by atoms with Crippen molar-refractivity contribution in [3.63, 3.8) is 0 Å². The van der Waals surface area contributed by atoms with Crippen molar-refractivity contribution in [2.45, 2.75) is 25.4 Å². The standard InChI is InChI=1S/C14H13FOS/c1-2-3-4-5-12(16)14-9-10-8-11(15)6-7-13(10)17-14/h1,6-9,12,16H,3-5H2. The highest BCUT2D eigenvalue weighted by Crippen LogP contribution is 2.32. The molecule has 0 bridgehead atoms. The van der Waals surface area contributed by atoms with Crippen LogP contribution in [0.4, 0.5) is 4.39 Å². The van der Waals surface area contributed by atoms with E-state index in [0.717, 1.165) is 21.4 Å². The van der Waals surface area contributed by atoms with E-state index in [9.17, 15) is 9.50 Å². The fraction of sp³-hybridized carbons (Fsp3) is 0.286. The van der Waals surface area contributed by atoms with Gasteiger partial charge in [-0.1, -0.05) is 0 Å². The van der Waals surface area contributed by atoms with Gasteiger partial charge in [0, 0.05) is 16.0 Å². The molecule has 1 aromatic heterocycles. The Kier molecular flexibility index (Phi) is 3.78. The lowest BCUT2D eigenvalue weighted by atomic mass is 10.1. The van der Waals surface area contributed by atoms with Gasteiger partial charge in [-0.3, -0.25) is 0 Å². The Balaban J connectivity index is 2.16. The summed E-state index contributed by atoms with van der Waals surface area (Å²) < 4.78 is 14.0. The molecule has 0 radical (unpaired) electrons. The molecule has 0 amide bonds. The second-order valence-electron chi connectivity index (χ2n) is 3.94. The number of hydrogen-bond donors (Lipinski definition) is 1. The lowest BCUT2D eigenvalue weighted by Gasteiger charge is -2.05. The Hall–Kier alpha value is -1.37. The minimum Gasteiger partial charge on any atom is -0.388 e. The third-order valence-electron chi connectivity index (χ3n) is 2.62. The fourth-order valence-electron chi connectivity index (χ4n) is 1.74. The molecule has 0 saturated carbocycles. The van der Waals surface area contributed by atoms with Crippen molar-refractivity contribution in [3.05, 3.63) is 35.0 Å². The number of halogens is 1. The molecule has 1 atom stereocenters. The lowest BCUT2D eigenvalue weighted by molar-refractivity contribution is 0.169. The molecular formula is C14H13FOS. The Labute approximate surface area is 104 Å². The molecule has 0 saturated heterocycles. The van der Waals surface area contributed by atoms with Crippen molar-refractivity contribution in [1.29, 1.82) is 0 Å². The van der Waals surface area contributed by atoms with E-state index in [4.69, 9.17) is 6.42 Å². The molecule has 2 aromatic rings. The molecule has 3 heteroatoms. The Morgan fingerprint density at radius 1 is 1.41 bits per heavy atom. The number of terminal acetylenes is 1. The number of thiophene rings is 1. The monoisotopic (exact) mass is 248 g/mol. The number of unbranched alkanes of at least 4 members (excludes halogenated alkanes) is 1. The van der Waals surface area contributed by atoms with Gasteiger partial charge < -0.3 is 5.11 Å². The highest BCUT2D eigenvalue weighted by Gasteiger charge is 2.11. The largest absolute Gasteiger partial charge is 0.388 e. The van der Waals surface area contributed by atoms with Crippen LogP contribution in [0.2, 0.25) is 0 Å². The van der Waals surface area contributed by atoms with E-state index in [1.54, 1.807) is 6.07 Å². The van der Waals surface area contributed by atoms with Crippen LogP contribution in [-0.2, 0) is 0 Å². The molecule has 0 aliphatic carbocycles. The number of fused-ring (bicyclic) bond motifs is 1. The highest BCUT2D eigenvalue weighted by atomic mass is 32.1. The van der Waals surface area contributed by atoms with Crippen molar-refractivity contribution in [1.82, 2.24) is 0 Å². The summed E-state index contributed by atoms with van der Waals surface area (Å²) in [4.78, 5) is 0.877. The van der Waals surface area contributed by atoms with E-state index in [-0.39, 0.29) is 5.82 Å². The molecular weight excluding hydrogens is 235 g/mol. The van der Waals surface area contributed by atoms with Gasteiger partial charge in [0.15, 0.2) is 0 Å². The summed E-state index contributed by atoms with van der Waals surface area (Å²) in [5, 5.41) is 10.8. The van der Waals surface area contributed by atoms with Crippen LogP contribution in [0.1, 0.15) is 30.2 Å². The van der Waals surface area contributed by atoms with Gasteiger partial charge in [0.1, 0.15) is 5.82 Å². The van der Waals surface area contributed by atoms with Gasteiger partial charge in [-0.05, 0) is 42.5 Å². The van der Waals surface area contributed by atoms with Gasteiger partial charge >= 0.3 is 0 Å². The van der Waals surface area contributed by atoms with Crippen LogP contribution in [0.5, 0.6) is 0 Å². The summed E-state index contributed by atoms with van der Waals surface area (Å²) in [6.45, 7) is 0. The van der Waals surface area contributed by atoms with Gasteiger partial charge in [0.2, 0.25) is 0 Å². The van der Waals surface area contributed by atoms with Crippen LogP contribution in [0.25, 0.3) is 10.1 Å². The zero-order valence-electron chi connectivity index (χ0n) is 9.32. The van der Waals surface area contributed by atoms with E-state index < -0.39 is 6.10 Å². The first kappa shape index (κ1) is 12.1. The maximum Gasteiger partial charge on any atom is 0.123 e. The van der Waals surface area contributed by atoms with E-state index in [1.165, 1.54) is 23.5 Å². The lowest BCUT2D eigenvalue weighted by Crippen LogP contribution is -1.93. The fourth-order valence-corrected chi connectivity index (χ4v) is 2.80. The maximum absolute atomic E-state index is 13.0. The van der Waals surface area contributed by atoms with Gasteiger partial charge in [-0.25, -0.2) is 4.39 Å². The van der Waals surface area contributed by atoms with Crippen molar-refractivity contribution in [2.24, 2.45) is 0 Å². The summed E-state index contributed by atoms with van der Waals surface area (Å²) in [6, 6.07) is 6.52. The molecule has 88 valence electrons. The topological polar surface area (TPSA) is 20.2 Å². The van der Waals surface area contributed by atoms with Crippen LogP contribution in [0.15, 0.2) is 24.3 Å². The Morgan fingerprint density at radius 2 is 2.24 bits per heavy atom. The summed E-state index contributed by atoms with van der Waals surface area (Å²) in [5.74, 6) is 2.30. The molecule has 1 nitrogen and oxygen atoms in total. The molecule has 0 spiro atoms. The quantitative estimate of drug-likeness (QED) is 0.643. The molecule has 1 unspecified atom stereocenters. The molecule has 2 rings (SSSR count). The van der Waals surface area contributed by atoms with E-state index in [2.05, 4.69) is 5.92 Å². The number of benzene rings is 1. The van der Waals surface area contributed by atoms with Gasteiger partial charge in [0.25, 0.3) is 0 Å². The molecule has 0 aliphatic heterocycles. The third kappa shape index (κ3) is 2.85. The number of aliphatic hydroxyl groups is 1. The Morgan fingerprint density at radius 3 is 3.00 bits per heavy atom. The van der Waals surface area contributed by atoms with Crippen LogP contribution in [-0.4, -0.2) is 5.11 Å². The maximum atomic E-state index is 13.0. The zero-order valence-corrected chi connectivity index (χ0v) is 10.1. The van der Waals surface area contributed by atoms with Crippen molar-refractivity contribution in [3.8, 4) is 12.3 Å². The summed E-state index contributed by atoms with van der Waals surface area (Å²) in [5.41, 5.74) is 0. The van der Waals surface area contributed by atoms with Gasteiger partial charge in [-0.2, -0.15) is 0 Å². The predicted molar refractivity (Wildman–Crippen MR) is 69.4 cm³/mol. The number of rotatable bonds is 4. The summed E-state index contributed by atoms with van der Waals surface area (Å²) in [7, 11) is 0. The molecule has 1 heterocycles. The zero-order chi connectivity index (χ0) is 12.3. The van der Waals surface area contributed by atoms with Crippen LogP contribution < -0.4 is 0 Å². The normalized spacial score (nSPS) is 12.5. The van der Waals surface area contributed by atoms with Crippen molar-refractivity contribution < 1.29 is 9.50 Å². The molecule has 1 aromatic carbocycles. The number of aliphatic hydroxyl groups excluding tert-OH is 1. The molecule has 17 heavy (non-hydrogen) atoms. The SMILES string of the molecule is C#CCCCC(O)c1cc2cc(F)ccc2s1. The van der Waals surface area contributed by atoms with E-state index >= 15 is 0 Å². The molecule has 1 N–H and O–H groups in total. The van der Waals surface area contributed by atoms with E-state index in [1.807, 2.05) is 6.07 Å². The molecule has 0 aliphatic rings. The first-order valence-electron chi connectivity index (χ1n) is 5.51. The van der Waals surface area contributed by atoms with Crippen molar-refractivity contribution in [2.75, 3.05) is 0 Å². The summed E-state index contributed by atoms with van der Waals surface area (Å²) in [6.07, 6.45) is 6.80. The molecule has 0 fully saturated rings. The first-order valence-corrected chi connectivity index (χ1v) is 6.33. The highest BCUT2D eigenvalue weighted by molar-refractivity contribution is 7.19. The van der Waals surface area contributed by atoms with Crippen LogP contribution in [0.3, 0.4) is 0 Å². The second kappa shape index (κ2) is 5.31. The first-order chi connectivity index (χ1) is 8.20. The van der Waals surface area contributed by atoms with Crippen molar-refractivity contribution >= 4 is 21.4 Å².